The van der Waals surface area contributed by atoms with Crippen molar-refractivity contribution in [2.24, 2.45) is 0 Å². The van der Waals surface area contributed by atoms with E-state index in [1.165, 1.54) is 9.13 Å². The van der Waals surface area contributed by atoms with Gasteiger partial charge in [0.15, 0.2) is 5.65 Å². The Balaban J connectivity index is 2.03. The van der Waals surface area contributed by atoms with Crippen molar-refractivity contribution in [2.75, 3.05) is 6.26 Å². The van der Waals surface area contributed by atoms with E-state index in [0.29, 0.717) is 16.7 Å². The molecule has 0 unspecified atom stereocenters. The van der Waals surface area contributed by atoms with Gasteiger partial charge in [0.1, 0.15) is 0 Å². The van der Waals surface area contributed by atoms with Crippen LogP contribution in [-0.4, -0.2) is 25.4 Å². The summed E-state index contributed by atoms with van der Waals surface area (Å²) < 4.78 is 2.74. The summed E-state index contributed by atoms with van der Waals surface area (Å²) in [6, 6.07) is 14.6. The average molecular weight is 376 g/mol. The van der Waals surface area contributed by atoms with Crippen LogP contribution in [-0.2, 0) is 6.54 Å². The molecular weight excluding hydrogens is 360 g/mol. The Bertz CT molecular complexity index is 1230. The molecule has 27 heavy (non-hydrogen) atoms. The molecule has 0 aliphatic carbocycles. The quantitative estimate of drug-likeness (QED) is 0.512. The predicted molar refractivity (Wildman–Crippen MR) is 107 cm³/mol. The fraction of sp³-hybridized carbons (Fsp3) is 0.100. The number of nitrogens with zero attached hydrogens (tertiary/aromatic N) is 4. The van der Waals surface area contributed by atoms with E-state index in [1.807, 2.05) is 30.5 Å². The molecule has 0 saturated carbocycles. The van der Waals surface area contributed by atoms with Crippen LogP contribution in [0.3, 0.4) is 0 Å². The number of hydrogen-bond acceptors (Lipinski definition) is 5. The summed E-state index contributed by atoms with van der Waals surface area (Å²) in [7, 11) is 0. The first kappa shape index (κ1) is 17.2. The van der Waals surface area contributed by atoms with Crippen LogP contribution >= 0.6 is 11.8 Å². The van der Waals surface area contributed by atoms with Gasteiger partial charge in [-0.2, -0.15) is 0 Å². The Morgan fingerprint density at radius 2 is 1.81 bits per heavy atom. The van der Waals surface area contributed by atoms with Crippen LogP contribution in [0.5, 0.6) is 0 Å². The summed E-state index contributed by atoms with van der Waals surface area (Å²) in [5.74, 6) is 0. The zero-order valence-corrected chi connectivity index (χ0v) is 15.4. The van der Waals surface area contributed by atoms with E-state index in [1.54, 1.807) is 54.6 Å². The van der Waals surface area contributed by atoms with Gasteiger partial charge in [-0.25, -0.2) is 14.3 Å². The summed E-state index contributed by atoms with van der Waals surface area (Å²) >= 11 is 1.59. The Morgan fingerprint density at radius 1 is 1.00 bits per heavy atom. The second kappa shape index (κ2) is 7.20. The van der Waals surface area contributed by atoms with Crippen LogP contribution in [0.2, 0.25) is 0 Å². The van der Waals surface area contributed by atoms with E-state index in [2.05, 4.69) is 9.97 Å². The molecule has 0 radical (unpaired) electrons. The lowest BCUT2D eigenvalue weighted by Gasteiger charge is -2.14. The van der Waals surface area contributed by atoms with Gasteiger partial charge in [-0.05, 0) is 54.3 Å². The maximum absolute atomic E-state index is 13.3. The zero-order chi connectivity index (χ0) is 18.8. The lowest BCUT2D eigenvalue weighted by atomic mass is 10.2. The number of hydrogen-bond donors (Lipinski definition) is 0. The minimum Gasteiger partial charge on any atom is -0.268 e. The smallest absolute Gasteiger partial charge is 0.268 e. The monoisotopic (exact) mass is 376 g/mol. The van der Waals surface area contributed by atoms with Crippen molar-refractivity contribution >= 4 is 22.8 Å². The zero-order valence-electron chi connectivity index (χ0n) is 14.6. The molecular formula is C20H16N4O2S. The van der Waals surface area contributed by atoms with Gasteiger partial charge < -0.3 is 0 Å². The summed E-state index contributed by atoms with van der Waals surface area (Å²) in [6.07, 6.45) is 6.85. The molecule has 4 rings (SSSR count). The minimum absolute atomic E-state index is 0.174. The highest BCUT2D eigenvalue weighted by Gasteiger charge is 2.15. The van der Waals surface area contributed by atoms with Gasteiger partial charge in [0.2, 0.25) is 0 Å². The first-order chi connectivity index (χ1) is 13.2. The topological polar surface area (TPSA) is 69.8 Å². The van der Waals surface area contributed by atoms with Crippen LogP contribution in [0.4, 0.5) is 0 Å². The molecule has 0 aliphatic heterocycles. The van der Waals surface area contributed by atoms with Crippen molar-refractivity contribution in [2.45, 2.75) is 11.4 Å². The largest absolute Gasteiger partial charge is 0.337 e. The molecule has 0 spiro atoms. The summed E-state index contributed by atoms with van der Waals surface area (Å²) in [5, 5.41) is 0.403. The first-order valence-corrected chi connectivity index (χ1v) is 9.55. The fourth-order valence-electron chi connectivity index (χ4n) is 2.98. The summed E-state index contributed by atoms with van der Waals surface area (Å²) in [5.41, 5.74) is 1.10. The van der Waals surface area contributed by atoms with Crippen LogP contribution in [0.15, 0.2) is 81.6 Å². The molecule has 3 aromatic heterocycles. The van der Waals surface area contributed by atoms with Crippen molar-refractivity contribution in [1.29, 1.82) is 0 Å². The number of pyridine rings is 2. The Labute approximate surface area is 159 Å². The molecule has 3 heterocycles. The number of aromatic nitrogens is 4. The second-order valence-electron chi connectivity index (χ2n) is 5.94. The summed E-state index contributed by atoms with van der Waals surface area (Å²) in [4.78, 5) is 35.5. The van der Waals surface area contributed by atoms with E-state index in [0.717, 1.165) is 10.5 Å². The van der Waals surface area contributed by atoms with Gasteiger partial charge in [0.25, 0.3) is 5.56 Å². The van der Waals surface area contributed by atoms with Crippen molar-refractivity contribution in [3.63, 3.8) is 0 Å². The third kappa shape index (κ3) is 3.17. The maximum Gasteiger partial charge on any atom is 0.337 e. The van der Waals surface area contributed by atoms with Gasteiger partial charge in [-0.1, -0.05) is 6.07 Å². The molecule has 4 aromatic rings. The third-order valence-corrected chi connectivity index (χ3v) is 5.02. The molecule has 0 N–H and O–H groups in total. The number of benzene rings is 1. The molecule has 6 nitrogen and oxygen atoms in total. The molecule has 0 amide bonds. The molecule has 0 aliphatic rings. The van der Waals surface area contributed by atoms with Crippen molar-refractivity contribution in [3.05, 3.63) is 93.5 Å². The van der Waals surface area contributed by atoms with E-state index in [-0.39, 0.29) is 12.1 Å². The van der Waals surface area contributed by atoms with Gasteiger partial charge in [0, 0.05) is 23.5 Å². The molecule has 134 valence electrons. The Morgan fingerprint density at radius 3 is 2.59 bits per heavy atom. The average Bonchev–Trinajstić information content (AvgIpc) is 2.72. The fourth-order valence-corrected chi connectivity index (χ4v) is 3.43. The first-order valence-electron chi connectivity index (χ1n) is 8.33. The van der Waals surface area contributed by atoms with E-state index in [9.17, 15) is 9.59 Å². The highest BCUT2D eigenvalue weighted by molar-refractivity contribution is 7.98. The standard InChI is InChI=1S/C20H16N4O2S/c1-27-16-5-2-4-15(12-16)24-18-17(6-3-9-22-18)19(25)23(20(24)26)13-14-7-10-21-11-8-14/h2-12H,13H2,1H3. The normalized spacial score (nSPS) is 11.0. The van der Waals surface area contributed by atoms with Crippen molar-refractivity contribution < 1.29 is 0 Å². The Hall–Kier alpha value is -3.19. The highest BCUT2D eigenvalue weighted by Crippen LogP contribution is 2.19. The number of thioether (sulfide) groups is 1. The lowest BCUT2D eigenvalue weighted by molar-refractivity contribution is 0.682. The van der Waals surface area contributed by atoms with E-state index >= 15 is 0 Å². The molecule has 0 fully saturated rings. The highest BCUT2D eigenvalue weighted by atomic mass is 32.2. The third-order valence-electron chi connectivity index (χ3n) is 4.30. The van der Waals surface area contributed by atoms with Crippen LogP contribution in [0.25, 0.3) is 16.7 Å². The molecule has 0 saturated heterocycles. The van der Waals surface area contributed by atoms with Crippen molar-refractivity contribution in [3.8, 4) is 5.69 Å². The molecule has 0 bridgehead atoms. The predicted octanol–water partition coefficient (Wildman–Crippen LogP) is 2.71. The molecule has 7 heteroatoms. The number of fused-ring (bicyclic) bond motifs is 1. The van der Waals surface area contributed by atoms with Crippen LogP contribution in [0, 0.1) is 0 Å². The molecule has 0 atom stereocenters. The molecule has 1 aromatic carbocycles. The minimum atomic E-state index is -0.415. The van der Waals surface area contributed by atoms with Crippen molar-refractivity contribution in [1.82, 2.24) is 19.1 Å². The van der Waals surface area contributed by atoms with E-state index < -0.39 is 5.69 Å². The van der Waals surface area contributed by atoms with Gasteiger partial charge in [0.05, 0.1) is 17.6 Å². The van der Waals surface area contributed by atoms with E-state index in [4.69, 9.17) is 0 Å². The van der Waals surface area contributed by atoms with Crippen LogP contribution < -0.4 is 11.2 Å². The van der Waals surface area contributed by atoms with Gasteiger partial charge in [-0.15, -0.1) is 11.8 Å². The Kier molecular flexibility index (Phi) is 4.60. The summed E-state index contributed by atoms with van der Waals surface area (Å²) in [6.45, 7) is 0.174. The number of rotatable bonds is 4. The van der Waals surface area contributed by atoms with Gasteiger partial charge >= 0.3 is 5.69 Å². The van der Waals surface area contributed by atoms with Crippen LogP contribution in [0.1, 0.15) is 5.56 Å². The second-order valence-corrected chi connectivity index (χ2v) is 6.82. The lowest BCUT2D eigenvalue weighted by Crippen LogP contribution is -2.40. The maximum atomic E-state index is 13.3. The SMILES string of the molecule is CSc1cccc(-n2c(=O)n(Cc3ccncc3)c(=O)c3cccnc32)c1. The van der Waals surface area contributed by atoms with Gasteiger partial charge in [-0.3, -0.25) is 14.3 Å².